The largest absolute Gasteiger partial charge is 0.372 e. The van der Waals surface area contributed by atoms with Crippen LogP contribution in [-0.4, -0.2) is 34.1 Å². The lowest BCUT2D eigenvalue weighted by Crippen LogP contribution is -2.42. The van der Waals surface area contributed by atoms with Gasteiger partial charge >= 0.3 is 0 Å². The van der Waals surface area contributed by atoms with Crippen LogP contribution in [0.25, 0.3) is 0 Å². The van der Waals surface area contributed by atoms with E-state index in [4.69, 9.17) is 5.14 Å². The highest BCUT2D eigenvalue weighted by Crippen LogP contribution is 2.26. The standard InChI is InChI=1S/C15H25N3O2S/c1-3-17-12(2)13-8-10-18(11-9-13)14-4-6-15(7-5-14)21(16,19)20/h4-7,12-13,17H,3,8-11H2,1-2H3,(H2,16,19,20). The van der Waals surface area contributed by atoms with Crippen LogP contribution in [0.3, 0.4) is 0 Å². The van der Waals surface area contributed by atoms with E-state index >= 15 is 0 Å². The molecule has 0 radical (unpaired) electrons. The fourth-order valence-electron chi connectivity index (χ4n) is 2.99. The molecular weight excluding hydrogens is 286 g/mol. The Morgan fingerprint density at radius 2 is 1.86 bits per heavy atom. The van der Waals surface area contributed by atoms with Crippen LogP contribution in [0, 0.1) is 5.92 Å². The van der Waals surface area contributed by atoms with E-state index in [1.807, 2.05) is 12.1 Å². The molecule has 0 saturated carbocycles. The molecule has 3 N–H and O–H groups in total. The number of nitrogens with one attached hydrogen (secondary N) is 1. The molecule has 1 fully saturated rings. The summed E-state index contributed by atoms with van der Waals surface area (Å²) in [4.78, 5) is 2.48. The summed E-state index contributed by atoms with van der Waals surface area (Å²) in [5.74, 6) is 0.713. The van der Waals surface area contributed by atoms with Gasteiger partial charge in [0.2, 0.25) is 10.0 Å². The molecule has 0 amide bonds. The first-order valence-electron chi connectivity index (χ1n) is 7.53. The molecule has 0 bridgehead atoms. The van der Waals surface area contributed by atoms with Crippen LogP contribution in [0.5, 0.6) is 0 Å². The molecule has 21 heavy (non-hydrogen) atoms. The lowest BCUT2D eigenvalue weighted by atomic mass is 9.90. The van der Waals surface area contributed by atoms with E-state index in [-0.39, 0.29) is 4.90 Å². The molecule has 2 rings (SSSR count). The topological polar surface area (TPSA) is 75.4 Å². The zero-order chi connectivity index (χ0) is 15.5. The first-order chi connectivity index (χ1) is 9.91. The van der Waals surface area contributed by atoms with Crippen LogP contribution in [0.4, 0.5) is 5.69 Å². The molecule has 0 spiro atoms. The Hall–Kier alpha value is -1.11. The normalized spacial score (nSPS) is 18.7. The van der Waals surface area contributed by atoms with E-state index in [2.05, 4.69) is 24.1 Å². The molecule has 1 unspecified atom stereocenters. The molecular formula is C15H25N3O2S. The van der Waals surface area contributed by atoms with E-state index in [9.17, 15) is 8.42 Å². The van der Waals surface area contributed by atoms with Gasteiger partial charge in [0.1, 0.15) is 0 Å². The smallest absolute Gasteiger partial charge is 0.238 e. The van der Waals surface area contributed by atoms with Gasteiger partial charge in [-0.05, 0) is 56.5 Å². The minimum absolute atomic E-state index is 0.168. The SMILES string of the molecule is CCNC(C)C1CCN(c2ccc(S(N)(=O)=O)cc2)CC1. The summed E-state index contributed by atoms with van der Waals surface area (Å²) in [6.45, 7) is 7.42. The summed E-state index contributed by atoms with van der Waals surface area (Å²) in [5.41, 5.74) is 1.07. The van der Waals surface area contributed by atoms with Gasteiger partial charge in [0.25, 0.3) is 0 Å². The van der Waals surface area contributed by atoms with Gasteiger partial charge in [-0.1, -0.05) is 6.92 Å². The molecule has 0 aliphatic carbocycles. The van der Waals surface area contributed by atoms with E-state index in [1.54, 1.807) is 12.1 Å². The van der Waals surface area contributed by atoms with Crippen molar-refractivity contribution in [2.45, 2.75) is 37.6 Å². The third kappa shape index (κ3) is 4.18. The molecule has 5 nitrogen and oxygen atoms in total. The Bertz CT molecular complexity index is 549. The van der Waals surface area contributed by atoms with Crippen molar-refractivity contribution >= 4 is 15.7 Å². The third-order valence-corrected chi connectivity index (χ3v) is 5.23. The summed E-state index contributed by atoms with van der Waals surface area (Å²) in [5, 5.41) is 8.61. The quantitative estimate of drug-likeness (QED) is 0.865. The summed E-state index contributed by atoms with van der Waals surface area (Å²) in [6, 6.07) is 7.40. The van der Waals surface area contributed by atoms with E-state index in [0.29, 0.717) is 12.0 Å². The van der Waals surface area contributed by atoms with E-state index < -0.39 is 10.0 Å². The monoisotopic (exact) mass is 311 g/mol. The predicted molar refractivity (Wildman–Crippen MR) is 85.9 cm³/mol. The number of nitrogens with zero attached hydrogens (tertiary/aromatic N) is 1. The molecule has 6 heteroatoms. The summed E-state index contributed by atoms with van der Waals surface area (Å²) in [6.07, 6.45) is 2.32. The van der Waals surface area contributed by atoms with Crippen LogP contribution in [0.1, 0.15) is 26.7 Å². The number of rotatable bonds is 5. The summed E-state index contributed by atoms with van der Waals surface area (Å²) in [7, 11) is -3.60. The molecule has 0 aromatic heterocycles. The van der Waals surface area contributed by atoms with Crippen molar-refractivity contribution in [2.24, 2.45) is 11.1 Å². The van der Waals surface area contributed by atoms with Gasteiger partial charge in [0.05, 0.1) is 4.90 Å². The molecule has 1 heterocycles. The minimum Gasteiger partial charge on any atom is -0.372 e. The number of benzene rings is 1. The first kappa shape index (κ1) is 16.3. The summed E-state index contributed by atoms with van der Waals surface area (Å²) >= 11 is 0. The van der Waals surface area contributed by atoms with Crippen molar-refractivity contribution in [3.63, 3.8) is 0 Å². The maximum atomic E-state index is 11.3. The maximum absolute atomic E-state index is 11.3. The van der Waals surface area contributed by atoms with Crippen LogP contribution in [0.15, 0.2) is 29.2 Å². The Labute approximate surface area is 127 Å². The Kier molecular flexibility index (Phi) is 5.24. The molecule has 1 saturated heterocycles. The van der Waals surface area contributed by atoms with Gasteiger partial charge in [-0.25, -0.2) is 13.6 Å². The fourth-order valence-corrected chi connectivity index (χ4v) is 3.51. The van der Waals surface area contributed by atoms with Crippen molar-refractivity contribution < 1.29 is 8.42 Å². The highest BCUT2D eigenvalue weighted by atomic mass is 32.2. The number of nitrogens with two attached hydrogens (primary N) is 1. The average molecular weight is 311 g/mol. The molecule has 1 aromatic carbocycles. The number of sulfonamides is 1. The lowest BCUT2D eigenvalue weighted by Gasteiger charge is -2.36. The Morgan fingerprint density at radius 1 is 1.29 bits per heavy atom. The molecule has 1 aliphatic heterocycles. The highest BCUT2D eigenvalue weighted by Gasteiger charge is 2.23. The minimum atomic E-state index is -3.60. The van der Waals surface area contributed by atoms with E-state index in [1.165, 1.54) is 0 Å². The summed E-state index contributed by atoms with van der Waals surface area (Å²) < 4.78 is 22.5. The van der Waals surface area contributed by atoms with Crippen LogP contribution < -0.4 is 15.4 Å². The first-order valence-corrected chi connectivity index (χ1v) is 9.07. The van der Waals surface area contributed by atoms with Crippen molar-refractivity contribution in [2.75, 3.05) is 24.5 Å². The number of hydrogen-bond acceptors (Lipinski definition) is 4. The second kappa shape index (κ2) is 6.77. The van der Waals surface area contributed by atoms with Crippen LogP contribution in [0.2, 0.25) is 0 Å². The zero-order valence-corrected chi connectivity index (χ0v) is 13.6. The van der Waals surface area contributed by atoms with Gasteiger partial charge in [0, 0.05) is 24.8 Å². The van der Waals surface area contributed by atoms with Gasteiger partial charge in [-0.15, -0.1) is 0 Å². The Balaban J connectivity index is 1.96. The second-order valence-electron chi connectivity index (χ2n) is 5.71. The molecule has 118 valence electrons. The highest BCUT2D eigenvalue weighted by molar-refractivity contribution is 7.89. The lowest BCUT2D eigenvalue weighted by molar-refractivity contribution is 0.315. The van der Waals surface area contributed by atoms with Crippen molar-refractivity contribution in [1.29, 1.82) is 0 Å². The number of piperidine rings is 1. The van der Waals surface area contributed by atoms with Crippen LogP contribution in [-0.2, 0) is 10.0 Å². The zero-order valence-electron chi connectivity index (χ0n) is 12.7. The molecule has 1 atom stereocenters. The van der Waals surface area contributed by atoms with Crippen molar-refractivity contribution in [3.8, 4) is 0 Å². The van der Waals surface area contributed by atoms with E-state index in [0.717, 1.165) is 38.2 Å². The number of hydrogen-bond donors (Lipinski definition) is 2. The predicted octanol–water partition coefficient (Wildman–Crippen LogP) is 1.55. The van der Waals surface area contributed by atoms with Crippen LogP contribution >= 0.6 is 0 Å². The number of anilines is 1. The van der Waals surface area contributed by atoms with Crippen molar-refractivity contribution in [3.05, 3.63) is 24.3 Å². The Morgan fingerprint density at radius 3 is 2.33 bits per heavy atom. The second-order valence-corrected chi connectivity index (χ2v) is 7.27. The average Bonchev–Trinajstić information content (AvgIpc) is 2.47. The molecule has 1 aliphatic rings. The van der Waals surface area contributed by atoms with Gasteiger partial charge in [-0.2, -0.15) is 0 Å². The van der Waals surface area contributed by atoms with Crippen molar-refractivity contribution in [1.82, 2.24) is 5.32 Å². The molecule has 1 aromatic rings. The van der Waals surface area contributed by atoms with Gasteiger partial charge in [0.15, 0.2) is 0 Å². The third-order valence-electron chi connectivity index (χ3n) is 4.30. The van der Waals surface area contributed by atoms with Gasteiger partial charge in [-0.3, -0.25) is 0 Å². The van der Waals surface area contributed by atoms with Gasteiger partial charge < -0.3 is 10.2 Å². The maximum Gasteiger partial charge on any atom is 0.238 e. The number of primary sulfonamides is 1. The fraction of sp³-hybridized carbons (Fsp3) is 0.600.